The molecular weight excluding hydrogens is 328 g/mol. The van der Waals surface area contributed by atoms with Crippen LogP contribution in [0.2, 0.25) is 0 Å². The molecule has 1 aromatic carbocycles. The van der Waals surface area contributed by atoms with Gasteiger partial charge >= 0.3 is 0 Å². The number of aromatic nitrogens is 4. The zero-order valence-electron chi connectivity index (χ0n) is 16.0. The molecule has 3 aromatic rings. The molecule has 3 rings (SSSR count). The van der Waals surface area contributed by atoms with Gasteiger partial charge in [-0.15, -0.1) is 0 Å². The van der Waals surface area contributed by atoms with Gasteiger partial charge in [0.05, 0.1) is 11.7 Å². The summed E-state index contributed by atoms with van der Waals surface area (Å²) in [5.74, 6) is 0.471. The van der Waals surface area contributed by atoms with Crippen LogP contribution in [0, 0.1) is 0 Å². The first-order chi connectivity index (χ1) is 12.3. The second kappa shape index (κ2) is 6.82. The van der Waals surface area contributed by atoms with E-state index >= 15 is 0 Å². The van der Waals surface area contributed by atoms with Crippen LogP contribution in [0.5, 0.6) is 0 Å². The molecule has 2 aromatic heterocycles. The lowest BCUT2D eigenvalue weighted by Gasteiger charge is -2.19. The number of hydrogen-bond donors (Lipinski definition) is 2. The summed E-state index contributed by atoms with van der Waals surface area (Å²) < 4.78 is 1.78. The Morgan fingerprint density at radius 3 is 2.50 bits per heavy atom. The Morgan fingerprint density at radius 2 is 1.88 bits per heavy atom. The van der Waals surface area contributed by atoms with Crippen molar-refractivity contribution < 1.29 is 0 Å². The molecule has 0 aliphatic rings. The molecule has 138 valence electrons. The molecular formula is C19H26N6O. The topological polar surface area (TPSA) is 78.8 Å². The van der Waals surface area contributed by atoms with Gasteiger partial charge in [-0.2, -0.15) is 10.1 Å². The smallest absolute Gasteiger partial charge is 0.263 e. The Hall–Kier alpha value is -2.83. The first-order valence-corrected chi connectivity index (χ1v) is 8.74. The Kier molecular flexibility index (Phi) is 4.71. The van der Waals surface area contributed by atoms with Crippen molar-refractivity contribution in [2.75, 3.05) is 30.9 Å². The van der Waals surface area contributed by atoms with Gasteiger partial charge in [-0.3, -0.25) is 9.78 Å². The summed E-state index contributed by atoms with van der Waals surface area (Å²) in [6.07, 6.45) is 2.41. The van der Waals surface area contributed by atoms with Crippen molar-refractivity contribution in [3.63, 3.8) is 0 Å². The van der Waals surface area contributed by atoms with Crippen molar-refractivity contribution in [1.82, 2.24) is 19.7 Å². The van der Waals surface area contributed by atoms with Crippen LogP contribution in [-0.2, 0) is 12.0 Å². The SMILES string of the molecule is CN(C)c1ccc(CCNc2nc3c(cnn3C(C)(C)C)c(=O)[nH]2)cc1. The van der Waals surface area contributed by atoms with Gasteiger partial charge in [0.2, 0.25) is 5.95 Å². The number of H-pyrrole nitrogens is 1. The average molecular weight is 354 g/mol. The molecule has 0 amide bonds. The number of fused-ring (bicyclic) bond motifs is 1. The van der Waals surface area contributed by atoms with Gasteiger partial charge in [0.15, 0.2) is 5.65 Å². The molecule has 2 heterocycles. The third-order valence-electron chi connectivity index (χ3n) is 4.23. The summed E-state index contributed by atoms with van der Waals surface area (Å²) in [6.45, 7) is 6.78. The van der Waals surface area contributed by atoms with Gasteiger partial charge in [-0.05, 0) is 44.9 Å². The zero-order valence-corrected chi connectivity index (χ0v) is 16.0. The number of anilines is 2. The molecule has 0 saturated carbocycles. The van der Waals surface area contributed by atoms with Crippen LogP contribution in [0.15, 0.2) is 35.3 Å². The van der Waals surface area contributed by atoms with E-state index in [2.05, 4.69) is 49.5 Å². The second-order valence-corrected chi connectivity index (χ2v) is 7.62. The first-order valence-electron chi connectivity index (χ1n) is 8.74. The third-order valence-corrected chi connectivity index (χ3v) is 4.23. The van der Waals surface area contributed by atoms with Gasteiger partial charge in [-0.1, -0.05) is 12.1 Å². The Balaban J connectivity index is 1.74. The van der Waals surface area contributed by atoms with Crippen molar-refractivity contribution in [2.45, 2.75) is 32.7 Å². The fourth-order valence-corrected chi connectivity index (χ4v) is 2.78. The summed E-state index contributed by atoms with van der Waals surface area (Å²) in [5.41, 5.74) is 2.58. The molecule has 0 unspecified atom stereocenters. The predicted octanol–water partition coefficient (Wildman–Crippen LogP) is 2.60. The van der Waals surface area contributed by atoms with Crippen LogP contribution in [0.25, 0.3) is 11.0 Å². The van der Waals surface area contributed by atoms with E-state index in [-0.39, 0.29) is 11.1 Å². The van der Waals surface area contributed by atoms with Crippen LogP contribution in [0.4, 0.5) is 11.6 Å². The van der Waals surface area contributed by atoms with E-state index in [1.54, 1.807) is 10.9 Å². The molecule has 0 saturated heterocycles. The number of benzene rings is 1. The summed E-state index contributed by atoms with van der Waals surface area (Å²) >= 11 is 0. The normalized spacial score (nSPS) is 11.7. The molecule has 7 nitrogen and oxygen atoms in total. The first kappa shape index (κ1) is 18.0. The van der Waals surface area contributed by atoms with Crippen LogP contribution in [0.1, 0.15) is 26.3 Å². The molecule has 0 atom stereocenters. The van der Waals surface area contributed by atoms with Crippen LogP contribution < -0.4 is 15.8 Å². The van der Waals surface area contributed by atoms with Gasteiger partial charge in [-0.25, -0.2) is 4.68 Å². The van der Waals surface area contributed by atoms with Gasteiger partial charge in [0.1, 0.15) is 5.39 Å². The van der Waals surface area contributed by atoms with E-state index in [1.165, 1.54) is 11.3 Å². The highest BCUT2D eigenvalue weighted by molar-refractivity contribution is 5.74. The second-order valence-electron chi connectivity index (χ2n) is 7.62. The van der Waals surface area contributed by atoms with Gasteiger partial charge in [0.25, 0.3) is 5.56 Å². The van der Waals surface area contributed by atoms with Crippen LogP contribution in [-0.4, -0.2) is 40.4 Å². The lowest BCUT2D eigenvalue weighted by atomic mass is 10.1. The zero-order chi connectivity index (χ0) is 18.9. The molecule has 0 spiro atoms. The Morgan fingerprint density at radius 1 is 1.19 bits per heavy atom. The fourth-order valence-electron chi connectivity index (χ4n) is 2.78. The maximum atomic E-state index is 12.3. The number of rotatable bonds is 5. The molecule has 2 N–H and O–H groups in total. The highest BCUT2D eigenvalue weighted by atomic mass is 16.1. The molecule has 0 bridgehead atoms. The molecule has 0 aliphatic heterocycles. The van der Waals surface area contributed by atoms with E-state index < -0.39 is 0 Å². The van der Waals surface area contributed by atoms with Crippen molar-refractivity contribution in [3.05, 3.63) is 46.4 Å². The standard InChI is InChI=1S/C19H26N6O/c1-19(2,3)25-16-15(12-21-25)17(26)23-18(22-16)20-11-10-13-6-8-14(9-7-13)24(4)5/h6-9,12H,10-11H2,1-5H3,(H2,20,22,23,26). The lowest BCUT2D eigenvalue weighted by molar-refractivity contribution is 0.366. The highest BCUT2D eigenvalue weighted by Crippen LogP contribution is 2.18. The summed E-state index contributed by atoms with van der Waals surface area (Å²) in [4.78, 5) is 21.7. The quantitative estimate of drug-likeness (QED) is 0.736. The molecule has 7 heteroatoms. The molecule has 0 fully saturated rings. The van der Waals surface area contributed by atoms with Gasteiger partial charge in [0, 0.05) is 26.3 Å². The Bertz CT molecular complexity index is 947. The fraction of sp³-hybridized carbons (Fsp3) is 0.421. The van der Waals surface area contributed by atoms with Crippen LogP contribution >= 0.6 is 0 Å². The van der Waals surface area contributed by atoms with E-state index in [0.29, 0.717) is 23.5 Å². The van der Waals surface area contributed by atoms with Crippen molar-refractivity contribution >= 4 is 22.7 Å². The molecule has 26 heavy (non-hydrogen) atoms. The maximum Gasteiger partial charge on any atom is 0.263 e. The number of nitrogens with one attached hydrogen (secondary N) is 2. The van der Waals surface area contributed by atoms with Crippen molar-refractivity contribution in [2.24, 2.45) is 0 Å². The summed E-state index contributed by atoms with van der Waals surface area (Å²) in [5, 5.41) is 8.04. The largest absolute Gasteiger partial charge is 0.378 e. The Labute approximate surface area is 153 Å². The minimum Gasteiger partial charge on any atom is -0.378 e. The third kappa shape index (κ3) is 3.71. The van der Waals surface area contributed by atoms with E-state index in [0.717, 1.165) is 6.42 Å². The van der Waals surface area contributed by atoms with E-state index in [4.69, 9.17) is 0 Å². The van der Waals surface area contributed by atoms with E-state index in [9.17, 15) is 4.79 Å². The summed E-state index contributed by atoms with van der Waals surface area (Å²) in [7, 11) is 4.05. The minimum absolute atomic E-state index is 0.177. The van der Waals surface area contributed by atoms with Crippen molar-refractivity contribution in [3.8, 4) is 0 Å². The predicted molar refractivity (Wildman–Crippen MR) is 106 cm³/mol. The minimum atomic E-state index is -0.242. The van der Waals surface area contributed by atoms with Crippen LogP contribution in [0.3, 0.4) is 0 Å². The molecule has 0 aliphatic carbocycles. The van der Waals surface area contributed by atoms with E-state index in [1.807, 2.05) is 34.9 Å². The van der Waals surface area contributed by atoms with Gasteiger partial charge < -0.3 is 10.2 Å². The highest BCUT2D eigenvalue weighted by Gasteiger charge is 2.19. The number of aromatic amines is 1. The maximum absolute atomic E-state index is 12.3. The average Bonchev–Trinajstić information content (AvgIpc) is 3.00. The summed E-state index contributed by atoms with van der Waals surface area (Å²) in [6, 6.07) is 8.43. The van der Waals surface area contributed by atoms with Crippen molar-refractivity contribution in [1.29, 1.82) is 0 Å². The number of hydrogen-bond acceptors (Lipinski definition) is 5. The number of nitrogens with zero attached hydrogens (tertiary/aromatic N) is 4. The molecule has 0 radical (unpaired) electrons. The monoisotopic (exact) mass is 354 g/mol. The lowest BCUT2D eigenvalue weighted by Crippen LogP contribution is -2.24.